The predicted octanol–water partition coefficient (Wildman–Crippen LogP) is 6.81. The fourth-order valence-electron chi connectivity index (χ4n) is 4.13. The van der Waals surface area contributed by atoms with Crippen LogP contribution in [0.15, 0.2) is 100 Å². The molecule has 8 heteroatoms. The normalized spacial score (nSPS) is 10.8. The van der Waals surface area contributed by atoms with Crippen molar-refractivity contribution in [1.29, 1.82) is 0 Å². The van der Waals surface area contributed by atoms with Crippen molar-refractivity contribution in [3.63, 3.8) is 0 Å². The van der Waals surface area contributed by atoms with Crippen molar-refractivity contribution in [2.75, 3.05) is 11.1 Å². The van der Waals surface area contributed by atoms with Crippen molar-refractivity contribution < 1.29 is 18.7 Å². The molecule has 0 spiro atoms. The summed E-state index contributed by atoms with van der Waals surface area (Å²) in [5.41, 5.74) is 8.95. The average molecular weight is 541 g/mol. The first-order valence-corrected chi connectivity index (χ1v) is 12.6. The Labute approximate surface area is 229 Å². The van der Waals surface area contributed by atoms with Crippen molar-refractivity contribution in [2.45, 2.75) is 20.1 Å². The Morgan fingerprint density at radius 3 is 2.15 bits per heavy atom. The van der Waals surface area contributed by atoms with Gasteiger partial charge in [-0.2, -0.15) is 0 Å². The largest absolute Gasteiger partial charge is 0.487 e. The van der Waals surface area contributed by atoms with E-state index in [0.717, 1.165) is 11.1 Å². The summed E-state index contributed by atoms with van der Waals surface area (Å²) in [5, 5.41) is 3.18. The molecule has 1 heterocycles. The minimum atomic E-state index is -0.429. The quantitative estimate of drug-likeness (QED) is 0.209. The second-order valence-corrected chi connectivity index (χ2v) is 9.31. The van der Waals surface area contributed by atoms with Gasteiger partial charge in [0.2, 0.25) is 17.1 Å². The number of nitrogens with two attached hydrogens (primary N) is 1. The fourth-order valence-corrected chi connectivity index (χ4v) is 4.36. The molecule has 0 fully saturated rings. The molecule has 0 saturated heterocycles. The Hall–Kier alpha value is -4.75. The first kappa shape index (κ1) is 25.9. The second kappa shape index (κ2) is 11.3. The van der Waals surface area contributed by atoms with Crippen LogP contribution in [-0.2, 0) is 18.0 Å². The van der Waals surface area contributed by atoms with Gasteiger partial charge >= 0.3 is 0 Å². The van der Waals surface area contributed by atoms with Crippen LogP contribution in [0.4, 0.5) is 11.4 Å². The summed E-state index contributed by atoms with van der Waals surface area (Å²) in [6, 6.07) is 27.4. The van der Waals surface area contributed by atoms with Crippen molar-refractivity contribution in [3.8, 4) is 22.8 Å². The van der Waals surface area contributed by atoms with Crippen molar-refractivity contribution in [1.82, 2.24) is 0 Å². The number of anilines is 2. The Kier molecular flexibility index (Phi) is 7.52. The molecular weight excluding hydrogens is 516 g/mol. The third kappa shape index (κ3) is 5.89. The molecule has 0 aliphatic heterocycles. The van der Waals surface area contributed by atoms with Crippen LogP contribution in [0.3, 0.4) is 0 Å². The summed E-state index contributed by atoms with van der Waals surface area (Å²) in [7, 11) is 0. The van der Waals surface area contributed by atoms with Crippen LogP contribution in [0.1, 0.15) is 18.1 Å². The third-order valence-corrected chi connectivity index (χ3v) is 6.25. The summed E-state index contributed by atoms with van der Waals surface area (Å²) in [6.07, 6.45) is 0. The van der Waals surface area contributed by atoms with Gasteiger partial charge in [-0.15, -0.1) is 0 Å². The molecule has 7 nitrogen and oxygen atoms in total. The van der Waals surface area contributed by atoms with Gasteiger partial charge in [-0.1, -0.05) is 72.3 Å². The molecule has 0 atom stereocenters. The van der Waals surface area contributed by atoms with E-state index in [0.29, 0.717) is 28.6 Å². The van der Waals surface area contributed by atoms with Crippen LogP contribution in [0.2, 0.25) is 5.02 Å². The molecule has 39 heavy (non-hydrogen) atoms. The monoisotopic (exact) mass is 540 g/mol. The number of carbonyl (C=O) groups is 1. The number of carbonyl (C=O) groups excluding carboxylic acids is 1. The predicted molar refractivity (Wildman–Crippen MR) is 153 cm³/mol. The van der Waals surface area contributed by atoms with E-state index in [-0.39, 0.29) is 40.7 Å². The van der Waals surface area contributed by atoms with Gasteiger partial charge in [0.15, 0.2) is 11.3 Å². The molecule has 0 bridgehead atoms. The Morgan fingerprint density at radius 2 is 1.54 bits per heavy atom. The summed E-state index contributed by atoms with van der Waals surface area (Å²) in [6.45, 7) is 1.86. The number of fused-ring (bicyclic) bond motifs is 1. The average Bonchev–Trinajstić information content (AvgIpc) is 2.93. The number of rotatable bonds is 8. The number of halogens is 1. The summed E-state index contributed by atoms with van der Waals surface area (Å²) < 4.78 is 18.1. The van der Waals surface area contributed by atoms with Crippen LogP contribution in [0, 0.1) is 0 Å². The zero-order chi connectivity index (χ0) is 27.4. The van der Waals surface area contributed by atoms with Crippen LogP contribution in [0.5, 0.6) is 11.5 Å². The Balaban J connectivity index is 1.57. The highest BCUT2D eigenvalue weighted by Crippen LogP contribution is 2.38. The minimum Gasteiger partial charge on any atom is -0.487 e. The summed E-state index contributed by atoms with van der Waals surface area (Å²) in [4.78, 5) is 25.3. The molecule has 3 N–H and O–H groups in total. The van der Waals surface area contributed by atoms with E-state index in [9.17, 15) is 9.59 Å². The maximum absolute atomic E-state index is 13.7. The molecule has 1 amide bonds. The van der Waals surface area contributed by atoms with E-state index in [4.69, 9.17) is 31.2 Å². The lowest BCUT2D eigenvalue weighted by Gasteiger charge is -2.15. The number of ether oxygens (including phenoxy) is 2. The van der Waals surface area contributed by atoms with Crippen LogP contribution in [0.25, 0.3) is 22.3 Å². The lowest BCUT2D eigenvalue weighted by molar-refractivity contribution is -0.114. The maximum atomic E-state index is 13.7. The van der Waals surface area contributed by atoms with E-state index in [1.165, 1.54) is 19.1 Å². The van der Waals surface area contributed by atoms with E-state index >= 15 is 0 Å². The number of hydrogen-bond acceptors (Lipinski definition) is 6. The molecule has 0 unspecified atom stereocenters. The van der Waals surface area contributed by atoms with Gasteiger partial charge in [0, 0.05) is 18.2 Å². The molecule has 196 valence electrons. The molecule has 0 radical (unpaired) electrons. The highest BCUT2D eigenvalue weighted by molar-refractivity contribution is 6.32. The number of benzene rings is 4. The van der Waals surface area contributed by atoms with E-state index < -0.39 is 5.43 Å². The molecule has 0 aliphatic carbocycles. The van der Waals surface area contributed by atoms with Gasteiger partial charge in [0.1, 0.15) is 19.0 Å². The van der Waals surface area contributed by atoms with E-state index in [1.807, 2.05) is 60.7 Å². The molecule has 5 aromatic rings. The van der Waals surface area contributed by atoms with E-state index in [2.05, 4.69) is 5.32 Å². The van der Waals surface area contributed by atoms with Gasteiger partial charge in [-0.05, 0) is 41.5 Å². The highest BCUT2D eigenvalue weighted by atomic mass is 35.5. The summed E-state index contributed by atoms with van der Waals surface area (Å²) >= 11 is 6.58. The summed E-state index contributed by atoms with van der Waals surface area (Å²) in [5.74, 6) is 0.372. The van der Waals surface area contributed by atoms with Crippen LogP contribution >= 0.6 is 11.6 Å². The van der Waals surface area contributed by atoms with Crippen molar-refractivity contribution >= 4 is 39.9 Å². The highest BCUT2D eigenvalue weighted by Gasteiger charge is 2.21. The lowest BCUT2D eigenvalue weighted by Crippen LogP contribution is -2.12. The first-order valence-electron chi connectivity index (χ1n) is 12.2. The van der Waals surface area contributed by atoms with Gasteiger partial charge in [-0.3, -0.25) is 9.59 Å². The topological polar surface area (TPSA) is 104 Å². The second-order valence-electron chi connectivity index (χ2n) is 8.91. The Bertz CT molecular complexity index is 1700. The van der Waals surface area contributed by atoms with Gasteiger partial charge in [0.25, 0.3) is 0 Å². The van der Waals surface area contributed by atoms with Crippen LogP contribution < -0.4 is 26.0 Å². The van der Waals surface area contributed by atoms with Gasteiger partial charge in [0.05, 0.1) is 16.1 Å². The molecule has 1 aromatic heterocycles. The van der Waals surface area contributed by atoms with Crippen LogP contribution in [-0.4, -0.2) is 5.91 Å². The third-order valence-electron chi connectivity index (χ3n) is 5.96. The zero-order valence-corrected chi connectivity index (χ0v) is 21.8. The molecular formula is C31H25ClN2O5. The lowest BCUT2D eigenvalue weighted by atomic mass is 10.1. The number of nitrogens with one attached hydrogen (secondary N) is 1. The molecule has 0 aliphatic rings. The number of amides is 1. The van der Waals surface area contributed by atoms with Gasteiger partial charge < -0.3 is 24.9 Å². The minimum absolute atomic E-state index is 0.000233. The molecule has 4 aromatic carbocycles. The number of hydrogen-bond donors (Lipinski definition) is 2. The smallest absolute Gasteiger partial charge is 0.235 e. The number of nitrogen functional groups attached to an aromatic ring is 1. The zero-order valence-electron chi connectivity index (χ0n) is 21.1. The first-order chi connectivity index (χ1) is 18.9. The van der Waals surface area contributed by atoms with Gasteiger partial charge in [-0.25, -0.2) is 0 Å². The standard InChI is InChI=1S/C31H25ClN2O5/c1-19(35)34-23-15-24-28(36)31(38-18-21-10-6-3-7-11-21)29(39-30(24)26(33)16-23)22-12-13-27(25(32)14-22)37-17-20-8-4-2-5-9-20/h2-16H,17-18,33H2,1H3,(H,34,35). The van der Waals surface area contributed by atoms with Crippen molar-refractivity contribution in [3.05, 3.63) is 117 Å². The van der Waals surface area contributed by atoms with Crippen molar-refractivity contribution in [2.24, 2.45) is 0 Å². The molecule has 5 rings (SSSR count). The Morgan fingerprint density at radius 1 is 0.897 bits per heavy atom. The fraction of sp³-hybridized carbons (Fsp3) is 0.0968. The van der Waals surface area contributed by atoms with E-state index in [1.54, 1.807) is 18.2 Å². The SMILES string of the molecule is CC(=O)Nc1cc(N)c2oc(-c3ccc(OCc4ccccc4)c(Cl)c3)c(OCc3ccccc3)c(=O)c2c1. The maximum Gasteiger partial charge on any atom is 0.235 e. The molecule has 0 saturated carbocycles.